The predicted molar refractivity (Wildman–Crippen MR) is 139 cm³/mol. The fourth-order valence-corrected chi connectivity index (χ4v) is 4.16. The molecule has 0 aromatic heterocycles. The highest BCUT2D eigenvalue weighted by molar-refractivity contribution is 5.66. The van der Waals surface area contributed by atoms with Crippen LogP contribution in [0.15, 0.2) is 0 Å². The van der Waals surface area contributed by atoms with Crippen LogP contribution < -0.4 is 0 Å². The smallest absolute Gasteiger partial charge is 0.303 e. The molecule has 0 saturated carbocycles. The Kier molecular flexibility index (Phi) is 28.1. The van der Waals surface area contributed by atoms with E-state index in [9.17, 15) is 9.59 Å². The van der Waals surface area contributed by atoms with Gasteiger partial charge in [0, 0.05) is 12.8 Å². The maximum absolute atomic E-state index is 10.4. The van der Waals surface area contributed by atoms with E-state index in [2.05, 4.69) is 0 Å². The molecule has 0 fully saturated rings. The van der Waals surface area contributed by atoms with Gasteiger partial charge in [-0.1, -0.05) is 121 Å². The highest BCUT2D eigenvalue weighted by Crippen LogP contribution is 2.13. The van der Waals surface area contributed by atoms with Gasteiger partial charge in [-0.05, 0) is 25.7 Å². The number of hydrogen-bond donors (Lipinski definition) is 2. The van der Waals surface area contributed by atoms with E-state index < -0.39 is 11.9 Å². The summed E-state index contributed by atoms with van der Waals surface area (Å²) in [5.41, 5.74) is 0. The van der Waals surface area contributed by atoms with Gasteiger partial charge in [-0.3, -0.25) is 9.59 Å². The molecule has 0 spiro atoms. The van der Waals surface area contributed by atoms with Gasteiger partial charge in [0.1, 0.15) is 0 Å². The Morgan fingerprint density at radius 2 is 0.600 bits per heavy atom. The second-order valence-corrected chi connectivity index (χ2v) is 9.78. The van der Waals surface area contributed by atoms with E-state index in [0.717, 1.165) is 64.2 Å². The number of unbranched alkanes of at least 4 members (excludes halogenated alkanes) is 20. The van der Waals surface area contributed by atoms with Gasteiger partial charge in [0.15, 0.2) is 0 Å². The van der Waals surface area contributed by atoms with E-state index in [1.54, 1.807) is 0 Å². The molecule has 0 saturated heterocycles. The van der Waals surface area contributed by atoms with Crippen LogP contribution in [0, 0.1) is 0 Å². The van der Waals surface area contributed by atoms with Crippen molar-refractivity contribution in [1.29, 1.82) is 0 Å². The van der Waals surface area contributed by atoms with Crippen LogP contribution in [0.2, 0.25) is 0 Å². The lowest BCUT2D eigenvalue weighted by Crippen LogP contribution is -2.00. The van der Waals surface area contributed by atoms with Crippen molar-refractivity contribution in [3.05, 3.63) is 0 Å². The SMILES string of the molecule is O=C(O)CCCCCCCCCCCCCOOOCCCCCCCCCCCCCC(=O)O. The molecule has 0 aliphatic rings. The van der Waals surface area contributed by atoms with Crippen LogP contribution in [0.25, 0.3) is 0 Å². The Morgan fingerprint density at radius 1 is 0.371 bits per heavy atom. The van der Waals surface area contributed by atoms with Crippen molar-refractivity contribution in [3.8, 4) is 0 Å². The highest BCUT2D eigenvalue weighted by atomic mass is 17.5. The van der Waals surface area contributed by atoms with Gasteiger partial charge >= 0.3 is 11.9 Å². The molecule has 7 heteroatoms. The standard InChI is InChI=1S/C28H54O7/c29-27(30)23-19-15-11-7-3-1-5-9-13-17-21-25-33-35-34-26-22-18-14-10-6-2-4-8-12-16-20-24-28(31)32/h1-26H2,(H,29,30)(H,31,32). The molecule has 0 bridgehead atoms. The second kappa shape index (κ2) is 29.1. The Hall–Kier alpha value is -1.18. The van der Waals surface area contributed by atoms with E-state index in [-0.39, 0.29) is 0 Å². The maximum atomic E-state index is 10.4. The van der Waals surface area contributed by atoms with Crippen molar-refractivity contribution < 1.29 is 34.6 Å². The van der Waals surface area contributed by atoms with Gasteiger partial charge < -0.3 is 10.2 Å². The van der Waals surface area contributed by atoms with Crippen molar-refractivity contribution in [3.63, 3.8) is 0 Å². The van der Waals surface area contributed by atoms with Crippen LogP contribution in [0.4, 0.5) is 0 Å². The van der Waals surface area contributed by atoms with Crippen LogP contribution in [-0.2, 0) is 24.4 Å². The molecular formula is C28H54O7. The minimum absolute atomic E-state index is 0.310. The molecule has 0 aromatic carbocycles. The van der Waals surface area contributed by atoms with Gasteiger partial charge in [0.2, 0.25) is 0 Å². The number of rotatable bonds is 30. The largest absolute Gasteiger partial charge is 0.481 e. The molecule has 0 unspecified atom stereocenters. The van der Waals surface area contributed by atoms with Crippen molar-refractivity contribution in [2.24, 2.45) is 0 Å². The van der Waals surface area contributed by atoms with E-state index in [1.807, 2.05) is 0 Å². The first-order valence-corrected chi connectivity index (χ1v) is 14.5. The Balaban J connectivity index is 3.03. The molecule has 7 nitrogen and oxygen atoms in total. The second-order valence-electron chi connectivity index (χ2n) is 9.78. The van der Waals surface area contributed by atoms with Crippen LogP contribution in [0.1, 0.15) is 154 Å². The van der Waals surface area contributed by atoms with Crippen LogP contribution >= 0.6 is 0 Å². The fraction of sp³-hybridized carbons (Fsp3) is 0.929. The third kappa shape index (κ3) is 32.8. The third-order valence-corrected chi connectivity index (χ3v) is 6.33. The third-order valence-electron chi connectivity index (χ3n) is 6.33. The Bertz CT molecular complexity index is 417. The van der Waals surface area contributed by atoms with Gasteiger partial charge in [-0.15, -0.1) is 0 Å². The first-order valence-electron chi connectivity index (χ1n) is 14.5. The average Bonchev–Trinajstić information content (AvgIpc) is 2.82. The van der Waals surface area contributed by atoms with Gasteiger partial charge in [0.25, 0.3) is 0 Å². The zero-order chi connectivity index (χ0) is 25.7. The number of carbonyl (C=O) groups is 2. The summed E-state index contributed by atoms with van der Waals surface area (Å²) >= 11 is 0. The minimum atomic E-state index is -0.681. The molecule has 0 rings (SSSR count). The number of carboxylic acids is 2. The molecule has 35 heavy (non-hydrogen) atoms. The first kappa shape index (κ1) is 33.8. The number of hydrogen-bond acceptors (Lipinski definition) is 5. The number of aliphatic carboxylic acids is 2. The topological polar surface area (TPSA) is 102 Å². The minimum Gasteiger partial charge on any atom is -0.481 e. The normalized spacial score (nSPS) is 11.2. The molecular weight excluding hydrogens is 448 g/mol. The summed E-state index contributed by atoms with van der Waals surface area (Å²) in [6.07, 6.45) is 26.1. The average molecular weight is 503 g/mol. The maximum Gasteiger partial charge on any atom is 0.303 e. The molecule has 0 aliphatic carbocycles. The molecule has 0 heterocycles. The monoisotopic (exact) mass is 502 g/mol. The van der Waals surface area contributed by atoms with Crippen molar-refractivity contribution in [2.75, 3.05) is 13.2 Å². The summed E-state index contributed by atoms with van der Waals surface area (Å²) in [6.45, 7) is 1.16. The Morgan fingerprint density at radius 3 is 0.857 bits per heavy atom. The first-order chi connectivity index (χ1) is 17.1. The highest BCUT2D eigenvalue weighted by Gasteiger charge is 1.99. The van der Waals surface area contributed by atoms with Gasteiger partial charge in [0.05, 0.1) is 13.2 Å². The van der Waals surface area contributed by atoms with Crippen LogP contribution in [-0.4, -0.2) is 35.4 Å². The summed E-state index contributed by atoms with van der Waals surface area (Å²) < 4.78 is 0. The lowest BCUT2D eigenvalue weighted by molar-refractivity contribution is -0.512. The lowest BCUT2D eigenvalue weighted by atomic mass is 10.1. The van der Waals surface area contributed by atoms with Crippen LogP contribution in [0.3, 0.4) is 0 Å². The predicted octanol–water partition coefficient (Wildman–Crippen LogP) is 8.40. The van der Waals surface area contributed by atoms with E-state index >= 15 is 0 Å². The lowest BCUT2D eigenvalue weighted by Gasteiger charge is -2.05. The molecule has 0 amide bonds. The molecule has 0 aliphatic heterocycles. The molecule has 0 atom stereocenters. The summed E-state index contributed by atoms with van der Waals surface area (Å²) in [4.78, 5) is 31.0. The Labute approximate surface area is 214 Å². The summed E-state index contributed by atoms with van der Waals surface area (Å²) in [5.74, 6) is -1.36. The van der Waals surface area contributed by atoms with Crippen LogP contribution in [0.5, 0.6) is 0 Å². The number of carboxylic acid groups (broad SMARTS) is 2. The van der Waals surface area contributed by atoms with Crippen molar-refractivity contribution in [1.82, 2.24) is 0 Å². The summed E-state index contributed by atoms with van der Waals surface area (Å²) in [6, 6.07) is 0. The van der Waals surface area contributed by atoms with Gasteiger partial charge in [-0.2, -0.15) is 0 Å². The zero-order valence-corrected chi connectivity index (χ0v) is 22.3. The molecule has 2 N–H and O–H groups in total. The summed E-state index contributed by atoms with van der Waals surface area (Å²) in [7, 11) is 0. The fourth-order valence-electron chi connectivity index (χ4n) is 4.16. The van der Waals surface area contributed by atoms with Crippen molar-refractivity contribution in [2.45, 2.75) is 154 Å². The molecule has 0 aromatic rings. The van der Waals surface area contributed by atoms with E-state index in [1.165, 1.54) is 77.0 Å². The van der Waals surface area contributed by atoms with Gasteiger partial charge in [-0.25, -0.2) is 9.78 Å². The van der Waals surface area contributed by atoms with E-state index in [0.29, 0.717) is 26.1 Å². The van der Waals surface area contributed by atoms with Crippen molar-refractivity contribution >= 4 is 11.9 Å². The molecule has 208 valence electrons. The zero-order valence-electron chi connectivity index (χ0n) is 22.3. The molecule has 0 radical (unpaired) electrons. The van der Waals surface area contributed by atoms with E-state index in [4.69, 9.17) is 25.0 Å². The summed E-state index contributed by atoms with van der Waals surface area (Å²) in [5, 5.41) is 22.0. The quantitative estimate of drug-likeness (QED) is 0.0577.